The molecule has 0 fully saturated rings. The molecule has 1 aliphatic rings. The molecule has 2 N–H and O–H groups in total. The van der Waals surface area contributed by atoms with E-state index < -0.39 is 17.9 Å². The number of methoxy groups -OCH3 is 2. The predicted molar refractivity (Wildman–Crippen MR) is 140 cm³/mol. The molecule has 0 amide bonds. The quantitative estimate of drug-likeness (QED) is 0.367. The zero-order valence-corrected chi connectivity index (χ0v) is 22.0. The van der Waals surface area contributed by atoms with Crippen molar-refractivity contribution in [1.29, 1.82) is 0 Å². The van der Waals surface area contributed by atoms with Gasteiger partial charge in [0.2, 0.25) is 0 Å². The molecule has 0 saturated carbocycles. The van der Waals surface area contributed by atoms with Gasteiger partial charge >= 0.3 is 11.9 Å². The van der Waals surface area contributed by atoms with Gasteiger partial charge in [-0.15, -0.1) is 11.3 Å². The molecule has 9 heteroatoms. The number of aromatic nitrogens is 1. The van der Waals surface area contributed by atoms with Crippen molar-refractivity contribution in [2.24, 2.45) is 0 Å². The summed E-state index contributed by atoms with van der Waals surface area (Å²) in [6.45, 7) is 3.58. The monoisotopic (exact) mass is 553 g/mol. The Hall–Kier alpha value is -3.43. The number of anilines is 2. The first-order chi connectivity index (χ1) is 16.8. The number of rotatable bonds is 6. The second kappa shape index (κ2) is 10.5. The fraction of sp³-hybridized carbons (Fsp3) is 0.192. The smallest absolute Gasteiger partial charge is 0.336 e. The first-order valence-electron chi connectivity index (χ1n) is 10.8. The average Bonchev–Trinajstić information content (AvgIpc) is 3.31. The number of carbonyl (C=O) groups excluding carboxylic acids is 2. The molecule has 0 bridgehead atoms. The number of hydrogen-bond donors (Lipinski definition) is 2. The minimum absolute atomic E-state index is 0.363. The Morgan fingerprint density at radius 1 is 1.00 bits per heavy atom. The summed E-state index contributed by atoms with van der Waals surface area (Å²) in [6, 6.07) is 15.5. The molecule has 7 nitrogen and oxygen atoms in total. The van der Waals surface area contributed by atoms with Gasteiger partial charge in [0.15, 0.2) is 5.13 Å². The summed E-state index contributed by atoms with van der Waals surface area (Å²) in [4.78, 5) is 30.2. The second-order valence-corrected chi connectivity index (χ2v) is 9.69. The number of nitrogens with one attached hydrogen (secondary N) is 2. The molecule has 1 aliphatic heterocycles. The predicted octanol–water partition coefficient (Wildman–Crippen LogP) is 5.90. The Morgan fingerprint density at radius 2 is 1.63 bits per heavy atom. The van der Waals surface area contributed by atoms with E-state index in [1.807, 2.05) is 53.9 Å². The van der Waals surface area contributed by atoms with Crippen LogP contribution in [-0.4, -0.2) is 31.1 Å². The number of allylic oxidation sites excluding steroid dienone is 2. The molecule has 0 atom stereocenters. The highest BCUT2D eigenvalue weighted by atomic mass is 79.9. The maximum Gasteiger partial charge on any atom is 0.336 e. The van der Waals surface area contributed by atoms with Crippen molar-refractivity contribution < 1.29 is 19.1 Å². The molecule has 3 aromatic rings. The maximum atomic E-state index is 12.7. The molecule has 0 aliphatic carbocycles. The van der Waals surface area contributed by atoms with Crippen molar-refractivity contribution >= 4 is 50.0 Å². The number of dihydropyridines is 1. The third-order valence-electron chi connectivity index (χ3n) is 5.69. The van der Waals surface area contributed by atoms with E-state index in [1.54, 1.807) is 13.8 Å². The number of benzene rings is 2. The molecule has 2 aromatic carbocycles. The van der Waals surface area contributed by atoms with Crippen molar-refractivity contribution in [1.82, 2.24) is 10.3 Å². The lowest BCUT2D eigenvalue weighted by atomic mass is 9.80. The Morgan fingerprint density at radius 3 is 2.23 bits per heavy atom. The highest BCUT2D eigenvalue weighted by molar-refractivity contribution is 9.10. The van der Waals surface area contributed by atoms with E-state index in [0.717, 1.165) is 32.1 Å². The van der Waals surface area contributed by atoms with Gasteiger partial charge in [-0.2, -0.15) is 0 Å². The van der Waals surface area contributed by atoms with Crippen LogP contribution < -0.4 is 10.6 Å². The lowest BCUT2D eigenvalue weighted by molar-refractivity contribution is -0.137. The number of ether oxygens (including phenoxy) is 2. The molecule has 4 rings (SSSR count). The van der Waals surface area contributed by atoms with Gasteiger partial charge in [-0.05, 0) is 43.7 Å². The summed E-state index contributed by atoms with van der Waals surface area (Å²) < 4.78 is 11.1. The maximum absolute atomic E-state index is 12.7. The first kappa shape index (κ1) is 24.7. The summed E-state index contributed by atoms with van der Waals surface area (Å²) >= 11 is 4.94. The van der Waals surface area contributed by atoms with E-state index in [1.165, 1.54) is 25.6 Å². The molecule has 180 valence electrons. The number of thiazole rings is 1. The van der Waals surface area contributed by atoms with Gasteiger partial charge in [-0.3, -0.25) is 0 Å². The molecule has 0 unspecified atom stereocenters. The topological polar surface area (TPSA) is 89.5 Å². The first-order valence-corrected chi connectivity index (χ1v) is 12.4. The van der Waals surface area contributed by atoms with Crippen LogP contribution in [-0.2, 0) is 19.1 Å². The number of carbonyl (C=O) groups is 2. The third kappa shape index (κ3) is 5.16. The van der Waals surface area contributed by atoms with E-state index >= 15 is 0 Å². The standard InChI is InChI=1S/C26H24BrN3O4S/c1-14-21(24(31)33-3)23(22(15(2)28-14)25(32)34-4)17-6-5-7-19(12-17)29-26-30-20(13-35-26)16-8-10-18(27)11-9-16/h5-13,23,28H,1-4H3,(H,29,30). The van der Waals surface area contributed by atoms with Crippen LogP contribution in [0.3, 0.4) is 0 Å². The Bertz CT molecular complexity index is 1310. The van der Waals surface area contributed by atoms with Crippen LogP contribution in [0.1, 0.15) is 25.3 Å². The average molecular weight is 554 g/mol. The highest BCUT2D eigenvalue weighted by Gasteiger charge is 2.37. The lowest BCUT2D eigenvalue weighted by Gasteiger charge is -2.30. The van der Waals surface area contributed by atoms with Crippen LogP contribution in [0.5, 0.6) is 0 Å². The molecule has 0 saturated heterocycles. The van der Waals surface area contributed by atoms with Crippen LogP contribution in [0.15, 0.2) is 80.9 Å². The van der Waals surface area contributed by atoms with Crippen molar-refractivity contribution in [2.75, 3.05) is 19.5 Å². The van der Waals surface area contributed by atoms with Crippen molar-refractivity contribution in [2.45, 2.75) is 19.8 Å². The summed E-state index contributed by atoms with van der Waals surface area (Å²) in [5.74, 6) is -1.66. The highest BCUT2D eigenvalue weighted by Crippen LogP contribution is 2.40. The largest absolute Gasteiger partial charge is 0.466 e. The zero-order chi connectivity index (χ0) is 25.1. The van der Waals surface area contributed by atoms with Crippen LogP contribution in [0.25, 0.3) is 11.3 Å². The SMILES string of the molecule is COC(=O)C1=C(C)NC(C)=C(C(=O)OC)C1c1cccc(Nc2nc(-c3ccc(Br)cc3)cs2)c1. The number of nitrogens with zero attached hydrogens (tertiary/aromatic N) is 1. The van der Waals surface area contributed by atoms with Crippen LogP contribution in [0.2, 0.25) is 0 Å². The van der Waals surface area contributed by atoms with Gasteiger partial charge in [-0.1, -0.05) is 40.2 Å². The van der Waals surface area contributed by atoms with Gasteiger partial charge in [0, 0.05) is 32.5 Å². The van der Waals surface area contributed by atoms with E-state index in [2.05, 4.69) is 26.6 Å². The lowest BCUT2D eigenvalue weighted by Crippen LogP contribution is -2.32. The van der Waals surface area contributed by atoms with Gasteiger partial charge in [-0.25, -0.2) is 14.6 Å². The van der Waals surface area contributed by atoms with E-state index in [0.29, 0.717) is 22.5 Å². The summed E-state index contributed by atoms with van der Waals surface area (Å²) in [6.07, 6.45) is 0. The molecular weight excluding hydrogens is 530 g/mol. The Kier molecular flexibility index (Phi) is 7.37. The minimum Gasteiger partial charge on any atom is -0.466 e. The van der Waals surface area contributed by atoms with E-state index in [-0.39, 0.29) is 0 Å². The Balaban J connectivity index is 1.69. The molecule has 35 heavy (non-hydrogen) atoms. The van der Waals surface area contributed by atoms with Crippen LogP contribution >= 0.6 is 27.3 Å². The minimum atomic E-state index is -0.646. The zero-order valence-electron chi connectivity index (χ0n) is 19.6. The fourth-order valence-corrected chi connectivity index (χ4v) is 5.10. The third-order valence-corrected chi connectivity index (χ3v) is 6.97. The summed E-state index contributed by atoms with van der Waals surface area (Å²) in [5.41, 5.74) is 5.41. The van der Waals surface area contributed by atoms with Crippen LogP contribution in [0.4, 0.5) is 10.8 Å². The van der Waals surface area contributed by atoms with E-state index in [9.17, 15) is 9.59 Å². The van der Waals surface area contributed by atoms with Gasteiger partial charge in [0.1, 0.15) is 0 Å². The summed E-state index contributed by atoms with van der Waals surface area (Å²) in [5, 5.41) is 9.18. The van der Waals surface area contributed by atoms with Gasteiger partial charge in [0.05, 0.1) is 37.0 Å². The number of esters is 2. The number of halogens is 1. The van der Waals surface area contributed by atoms with Gasteiger partial charge < -0.3 is 20.1 Å². The molecular formula is C26H24BrN3O4S. The van der Waals surface area contributed by atoms with Crippen molar-refractivity contribution in [3.8, 4) is 11.3 Å². The van der Waals surface area contributed by atoms with Gasteiger partial charge in [0.25, 0.3) is 0 Å². The fourth-order valence-electron chi connectivity index (χ4n) is 4.09. The summed E-state index contributed by atoms with van der Waals surface area (Å²) in [7, 11) is 2.65. The normalized spacial score (nSPS) is 14.0. The molecule has 2 heterocycles. The van der Waals surface area contributed by atoms with Crippen molar-refractivity contribution in [3.05, 3.63) is 86.5 Å². The molecule has 1 aromatic heterocycles. The Labute approximate surface area is 216 Å². The van der Waals surface area contributed by atoms with E-state index in [4.69, 9.17) is 14.5 Å². The van der Waals surface area contributed by atoms with Crippen molar-refractivity contribution in [3.63, 3.8) is 0 Å². The van der Waals surface area contributed by atoms with Crippen LogP contribution in [0, 0.1) is 0 Å². The second-order valence-electron chi connectivity index (χ2n) is 7.91. The number of hydrogen-bond acceptors (Lipinski definition) is 8. The molecule has 0 spiro atoms. The molecule has 0 radical (unpaired) electrons.